The first-order chi connectivity index (χ1) is 15.8. The molecule has 1 aromatic heterocycles. The van der Waals surface area contributed by atoms with E-state index in [2.05, 4.69) is 36.5 Å². The largest absolute Gasteiger partial charge is 0.573 e. The van der Waals surface area contributed by atoms with Gasteiger partial charge >= 0.3 is 6.36 Å². The van der Waals surface area contributed by atoms with E-state index in [0.717, 1.165) is 41.8 Å². The van der Waals surface area contributed by atoms with Crippen LogP contribution in [0.3, 0.4) is 0 Å². The Balaban J connectivity index is 1.35. The van der Waals surface area contributed by atoms with Gasteiger partial charge < -0.3 is 15.0 Å². The zero-order chi connectivity index (χ0) is 23.4. The number of hydrogen-bond donors (Lipinski definition) is 1. The van der Waals surface area contributed by atoms with Gasteiger partial charge in [0.2, 0.25) is 11.1 Å². The van der Waals surface area contributed by atoms with Gasteiger partial charge in [-0.1, -0.05) is 11.8 Å². The second kappa shape index (κ2) is 9.69. The SMILES string of the molecule is Cc1cc(N2CCCC2)ccc1NC(=O)CSc1nnnn1-c1ccc(OC(F)(F)F)cc1. The number of thioether (sulfide) groups is 1. The second-order valence-corrected chi connectivity index (χ2v) is 8.39. The van der Waals surface area contributed by atoms with Crippen molar-refractivity contribution >= 4 is 29.0 Å². The van der Waals surface area contributed by atoms with Gasteiger partial charge in [0.1, 0.15) is 5.75 Å². The first-order valence-electron chi connectivity index (χ1n) is 10.2. The average molecular weight is 479 g/mol. The van der Waals surface area contributed by atoms with Crippen molar-refractivity contribution in [2.45, 2.75) is 31.3 Å². The van der Waals surface area contributed by atoms with Crippen LogP contribution in [0, 0.1) is 6.92 Å². The molecule has 0 atom stereocenters. The summed E-state index contributed by atoms with van der Waals surface area (Å²) in [7, 11) is 0. The van der Waals surface area contributed by atoms with Gasteiger partial charge in [-0.05, 0) is 78.2 Å². The van der Waals surface area contributed by atoms with Crippen LogP contribution >= 0.6 is 11.8 Å². The highest BCUT2D eigenvalue weighted by atomic mass is 32.2. The number of tetrazole rings is 1. The van der Waals surface area contributed by atoms with Crippen LogP contribution in [0.2, 0.25) is 0 Å². The van der Waals surface area contributed by atoms with Gasteiger partial charge in [0.25, 0.3) is 0 Å². The molecule has 8 nitrogen and oxygen atoms in total. The van der Waals surface area contributed by atoms with Gasteiger partial charge in [-0.2, -0.15) is 4.68 Å². The lowest BCUT2D eigenvalue weighted by molar-refractivity contribution is -0.274. The van der Waals surface area contributed by atoms with Crippen molar-refractivity contribution in [2.24, 2.45) is 0 Å². The van der Waals surface area contributed by atoms with Crippen LogP contribution in [0.15, 0.2) is 47.6 Å². The van der Waals surface area contributed by atoms with Gasteiger partial charge in [0, 0.05) is 24.5 Å². The molecule has 1 fully saturated rings. The summed E-state index contributed by atoms with van der Waals surface area (Å²) in [4.78, 5) is 14.8. The number of amides is 1. The van der Waals surface area contributed by atoms with Crippen LogP contribution < -0.4 is 15.0 Å². The number of carbonyl (C=O) groups excluding carboxylic acids is 1. The lowest BCUT2D eigenvalue weighted by Crippen LogP contribution is -2.18. The first-order valence-corrected chi connectivity index (χ1v) is 11.2. The molecule has 33 heavy (non-hydrogen) atoms. The summed E-state index contributed by atoms with van der Waals surface area (Å²) in [5.74, 6) is -0.511. The summed E-state index contributed by atoms with van der Waals surface area (Å²) in [5.41, 5.74) is 3.31. The van der Waals surface area contributed by atoms with E-state index in [1.165, 1.54) is 41.8 Å². The van der Waals surface area contributed by atoms with Crippen LogP contribution in [0.1, 0.15) is 18.4 Å². The van der Waals surface area contributed by atoms with E-state index in [1.807, 2.05) is 19.1 Å². The summed E-state index contributed by atoms with van der Waals surface area (Å²) in [5, 5.41) is 14.6. The molecular weight excluding hydrogens is 457 g/mol. The molecule has 3 aromatic rings. The maximum atomic E-state index is 12.5. The molecular formula is C21H21F3N6O2S. The Morgan fingerprint density at radius 3 is 2.48 bits per heavy atom. The standard InChI is InChI=1S/C21H21F3N6O2S/c1-14-12-16(29-10-2-3-11-29)6-9-18(14)25-19(31)13-33-20-26-27-28-30(20)15-4-7-17(8-5-15)32-21(22,23)24/h4-9,12H,2-3,10-11,13H2,1H3,(H,25,31). The molecule has 174 valence electrons. The number of hydrogen-bond acceptors (Lipinski definition) is 7. The van der Waals surface area contributed by atoms with Crippen LogP contribution in [-0.4, -0.2) is 51.3 Å². The molecule has 1 saturated heterocycles. The van der Waals surface area contributed by atoms with Gasteiger partial charge in [-0.25, -0.2) is 0 Å². The monoisotopic (exact) mass is 478 g/mol. The molecule has 0 bridgehead atoms. The van der Waals surface area contributed by atoms with Gasteiger partial charge in [0.15, 0.2) is 0 Å². The van der Waals surface area contributed by atoms with Crippen molar-refractivity contribution in [1.82, 2.24) is 20.2 Å². The Kier molecular flexibility index (Phi) is 6.72. The summed E-state index contributed by atoms with van der Waals surface area (Å²) in [6.45, 7) is 4.05. The predicted octanol–water partition coefficient (Wildman–Crippen LogP) is 4.20. The minimum absolute atomic E-state index is 0.0585. The average Bonchev–Trinajstić information content (AvgIpc) is 3.45. The van der Waals surface area contributed by atoms with Crippen molar-refractivity contribution in [3.8, 4) is 11.4 Å². The smallest absolute Gasteiger partial charge is 0.406 e. The Morgan fingerprint density at radius 2 is 1.82 bits per heavy atom. The van der Waals surface area contributed by atoms with Gasteiger partial charge in [0.05, 0.1) is 11.4 Å². The Morgan fingerprint density at radius 1 is 1.12 bits per heavy atom. The first kappa shape index (κ1) is 22.9. The lowest BCUT2D eigenvalue weighted by Gasteiger charge is -2.19. The number of alkyl halides is 3. The minimum Gasteiger partial charge on any atom is -0.406 e. The molecule has 0 aliphatic carbocycles. The summed E-state index contributed by atoms with van der Waals surface area (Å²) in [6, 6.07) is 11.1. The Bertz CT molecular complexity index is 1110. The number of carbonyl (C=O) groups is 1. The summed E-state index contributed by atoms with van der Waals surface area (Å²) in [6.07, 6.45) is -2.38. The van der Waals surface area contributed by atoms with Crippen molar-refractivity contribution < 1.29 is 22.7 Å². The molecule has 2 aromatic carbocycles. The van der Waals surface area contributed by atoms with Gasteiger partial charge in [-0.3, -0.25) is 4.79 Å². The predicted molar refractivity (Wildman–Crippen MR) is 118 cm³/mol. The Hall–Kier alpha value is -3.28. The third kappa shape index (κ3) is 5.95. The molecule has 4 rings (SSSR count). The molecule has 2 heterocycles. The number of nitrogens with zero attached hydrogens (tertiary/aromatic N) is 5. The van der Waals surface area contributed by atoms with E-state index in [1.54, 1.807) is 0 Å². The number of aromatic nitrogens is 4. The molecule has 0 radical (unpaired) electrons. The molecule has 12 heteroatoms. The fraction of sp³-hybridized carbons (Fsp3) is 0.333. The quantitative estimate of drug-likeness (QED) is 0.510. The zero-order valence-electron chi connectivity index (χ0n) is 17.7. The topological polar surface area (TPSA) is 85.2 Å². The highest BCUT2D eigenvalue weighted by Crippen LogP contribution is 2.27. The van der Waals surface area contributed by atoms with Crippen LogP contribution in [0.4, 0.5) is 24.5 Å². The number of halogens is 3. The maximum absolute atomic E-state index is 12.5. The lowest BCUT2D eigenvalue weighted by atomic mass is 10.1. The van der Waals surface area contributed by atoms with Gasteiger partial charge in [-0.15, -0.1) is 18.3 Å². The number of rotatable bonds is 7. The highest BCUT2D eigenvalue weighted by molar-refractivity contribution is 7.99. The molecule has 1 N–H and O–H groups in total. The molecule has 1 aliphatic heterocycles. The number of ether oxygens (including phenoxy) is 1. The van der Waals surface area contributed by atoms with E-state index >= 15 is 0 Å². The highest BCUT2D eigenvalue weighted by Gasteiger charge is 2.31. The Labute approximate surface area is 192 Å². The fourth-order valence-corrected chi connectivity index (χ4v) is 4.19. The minimum atomic E-state index is -4.77. The number of aryl methyl sites for hydroxylation is 1. The molecule has 0 saturated carbocycles. The van der Waals surface area contributed by atoms with Crippen molar-refractivity contribution in [2.75, 3.05) is 29.1 Å². The molecule has 1 amide bonds. The third-order valence-corrected chi connectivity index (χ3v) is 5.96. The molecule has 0 spiro atoms. The van der Waals surface area contributed by atoms with E-state index in [9.17, 15) is 18.0 Å². The van der Waals surface area contributed by atoms with Crippen molar-refractivity contribution in [3.05, 3.63) is 48.0 Å². The molecule has 1 aliphatic rings. The van der Waals surface area contributed by atoms with Crippen molar-refractivity contribution in [1.29, 1.82) is 0 Å². The molecule has 0 unspecified atom stereocenters. The van der Waals surface area contributed by atoms with Crippen LogP contribution in [0.5, 0.6) is 5.75 Å². The van der Waals surface area contributed by atoms with Crippen LogP contribution in [-0.2, 0) is 4.79 Å². The number of nitrogens with one attached hydrogen (secondary N) is 1. The van der Waals surface area contributed by atoms with E-state index in [-0.39, 0.29) is 17.4 Å². The van der Waals surface area contributed by atoms with E-state index in [0.29, 0.717) is 10.8 Å². The van der Waals surface area contributed by atoms with Crippen LogP contribution in [0.25, 0.3) is 5.69 Å². The zero-order valence-corrected chi connectivity index (χ0v) is 18.5. The van der Waals surface area contributed by atoms with E-state index < -0.39 is 6.36 Å². The summed E-state index contributed by atoms with van der Waals surface area (Å²) < 4.78 is 42.2. The summed E-state index contributed by atoms with van der Waals surface area (Å²) >= 11 is 1.11. The number of benzene rings is 2. The second-order valence-electron chi connectivity index (χ2n) is 7.45. The number of anilines is 2. The normalized spacial score (nSPS) is 13.9. The maximum Gasteiger partial charge on any atom is 0.573 e. The van der Waals surface area contributed by atoms with Crippen molar-refractivity contribution in [3.63, 3.8) is 0 Å². The third-order valence-electron chi connectivity index (χ3n) is 5.04. The van der Waals surface area contributed by atoms with E-state index in [4.69, 9.17) is 0 Å². The fourth-order valence-electron chi connectivity index (χ4n) is 3.50.